The number of rotatable bonds is 2. The van der Waals surface area contributed by atoms with Gasteiger partial charge in [-0.15, -0.1) is 0 Å². The number of hydrogen-bond acceptors (Lipinski definition) is 4. The summed E-state index contributed by atoms with van der Waals surface area (Å²) in [5.74, 6) is -0.0110. The van der Waals surface area contributed by atoms with Crippen LogP contribution in [0.4, 0.5) is 5.69 Å². The Morgan fingerprint density at radius 3 is 2.90 bits per heavy atom. The predicted molar refractivity (Wildman–Crippen MR) is 79.7 cm³/mol. The molecule has 0 saturated carbocycles. The van der Waals surface area contributed by atoms with Crippen molar-refractivity contribution in [1.29, 1.82) is 0 Å². The molecule has 1 aliphatic rings. The summed E-state index contributed by atoms with van der Waals surface area (Å²) in [4.78, 5) is 16.9. The van der Waals surface area contributed by atoms with Gasteiger partial charge >= 0.3 is 0 Å². The maximum Gasteiger partial charge on any atom is 0.256 e. The van der Waals surface area contributed by atoms with Gasteiger partial charge in [0.25, 0.3) is 5.91 Å². The average Bonchev–Trinajstić information content (AvgIpc) is 2.62. The van der Waals surface area contributed by atoms with Gasteiger partial charge in [-0.1, -0.05) is 6.92 Å². The Morgan fingerprint density at radius 1 is 1.45 bits per heavy atom. The molecular weight excluding hydrogens is 254 g/mol. The molecule has 1 aliphatic heterocycles. The van der Waals surface area contributed by atoms with Gasteiger partial charge in [-0.2, -0.15) is 0 Å². The highest BCUT2D eigenvalue weighted by Gasteiger charge is 2.27. The van der Waals surface area contributed by atoms with E-state index in [1.807, 2.05) is 4.90 Å². The molecule has 1 amide bonds. The van der Waals surface area contributed by atoms with Crippen LogP contribution in [-0.2, 0) is 0 Å². The van der Waals surface area contributed by atoms with E-state index in [1.54, 1.807) is 6.07 Å². The van der Waals surface area contributed by atoms with Crippen LogP contribution in [0.25, 0.3) is 0 Å². The normalized spacial score (nSPS) is 20.7. The Morgan fingerprint density at radius 2 is 2.20 bits per heavy atom. The molecule has 0 spiro atoms. The fraction of sp³-hybridized carbons (Fsp3) is 0.533. The van der Waals surface area contributed by atoms with Crippen LogP contribution in [0.5, 0.6) is 5.75 Å². The minimum atomic E-state index is -0.0828. The summed E-state index contributed by atoms with van der Waals surface area (Å²) in [5.41, 5.74) is 6.69. The molecule has 0 bridgehead atoms. The van der Waals surface area contributed by atoms with Crippen molar-refractivity contribution in [3.8, 4) is 5.75 Å². The fourth-order valence-electron chi connectivity index (χ4n) is 2.74. The smallest absolute Gasteiger partial charge is 0.256 e. The Kier molecular flexibility index (Phi) is 4.49. The second kappa shape index (κ2) is 6.13. The number of phenolic OH excluding ortho intramolecular Hbond substituents is 1. The first-order valence-electron chi connectivity index (χ1n) is 7.11. The lowest BCUT2D eigenvalue weighted by molar-refractivity contribution is 0.0676. The molecule has 20 heavy (non-hydrogen) atoms. The number of nitrogen functional groups attached to an aromatic ring is 1. The van der Waals surface area contributed by atoms with Crippen molar-refractivity contribution in [2.75, 3.05) is 32.4 Å². The van der Waals surface area contributed by atoms with Gasteiger partial charge in [0, 0.05) is 24.8 Å². The van der Waals surface area contributed by atoms with E-state index < -0.39 is 0 Å². The molecule has 0 radical (unpaired) electrons. The number of nitrogens with two attached hydrogens (primary N) is 1. The van der Waals surface area contributed by atoms with Gasteiger partial charge in [0.1, 0.15) is 5.75 Å². The minimum Gasteiger partial charge on any atom is -0.508 e. The number of phenols is 1. The van der Waals surface area contributed by atoms with Crippen LogP contribution in [0.1, 0.15) is 30.1 Å². The van der Waals surface area contributed by atoms with Crippen molar-refractivity contribution in [3.05, 3.63) is 23.8 Å². The highest BCUT2D eigenvalue weighted by atomic mass is 16.3. The summed E-state index contributed by atoms with van der Waals surface area (Å²) in [6.45, 7) is 4.70. The number of benzene rings is 1. The van der Waals surface area contributed by atoms with E-state index in [0.717, 1.165) is 32.5 Å². The van der Waals surface area contributed by atoms with Gasteiger partial charge in [0.05, 0.1) is 5.56 Å². The third-order valence-corrected chi connectivity index (χ3v) is 3.90. The van der Waals surface area contributed by atoms with Gasteiger partial charge in [-0.3, -0.25) is 4.79 Å². The van der Waals surface area contributed by atoms with Crippen molar-refractivity contribution in [2.24, 2.45) is 0 Å². The maximum absolute atomic E-state index is 12.7. The quantitative estimate of drug-likeness (QED) is 0.635. The summed E-state index contributed by atoms with van der Waals surface area (Å²) in [5, 5.41) is 9.57. The molecule has 1 saturated heterocycles. The summed E-state index contributed by atoms with van der Waals surface area (Å²) in [7, 11) is 2.08. The number of carbonyl (C=O) groups is 1. The van der Waals surface area contributed by atoms with Crippen molar-refractivity contribution < 1.29 is 9.90 Å². The molecule has 1 aromatic rings. The monoisotopic (exact) mass is 277 g/mol. The molecule has 1 heterocycles. The van der Waals surface area contributed by atoms with Gasteiger partial charge in [0.15, 0.2) is 0 Å². The molecule has 1 aromatic carbocycles. The number of likely N-dealkylation sites (N-methyl/N-ethyl adjacent to an activating group) is 1. The highest BCUT2D eigenvalue weighted by molar-refractivity contribution is 5.99. The zero-order valence-corrected chi connectivity index (χ0v) is 12.2. The molecule has 3 N–H and O–H groups in total. The zero-order chi connectivity index (χ0) is 14.7. The van der Waals surface area contributed by atoms with E-state index >= 15 is 0 Å². The molecule has 5 nitrogen and oxygen atoms in total. The van der Waals surface area contributed by atoms with Crippen LogP contribution >= 0.6 is 0 Å². The molecule has 110 valence electrons. The number of nitrogens with zero attached hydrogens (tertiary/aromatic N) is 2. The Hall–Kier alpha value is -1.75. The van der Waals surface area contributed by atoms with Crippen molar-refractivity contribution >= 4 is 11.6 Å². The van der Waals surface area contributed by atoms with Gasteiger partial charge < -0.3 is 20.6 Å². The molecule has 1 atom stereocenters. The predicted octanol–water partition coefficient (Wildman–Crippen LogP) is 1.53. The largest absolute Gasteiger partial charge is 0.508 e. The van der Waals surface area contributed by atoms with E-state index in [2.05, 4.69) is 18.9 Å². The summed E-state index contributed by atoms with van der Waals surface area (Å²) in [6.07, 6.45) is 1.87. The fourth-order valence-corrected chi connectivity index (χ4v) is 2.74. The standard InChI is InChI=1S/C15H23N3O2/c1-3-11-10-17(2)7-4-8-18(11)15(20)13-9-12(19)5-6-14(13)16/h5-6,9,11,19H,3-4,7-8,10,16H2,1-2H3. The van der Waals surface area contributed by atoms with Gasteiger partial charge in [-0.05, 0) is 44.6 Å². The van der Waals surface area contributed by atoms with E-state index in [4.69, 9.17) is 5.73 Å². The lowest BCUT2D eigenvalue weighted by Gasteiger charge is -2.30. The van der Waals surface area contributed by atoms with Crippen molar-refractivity contribution in [2.45, 2.75) is 25.8 Å². The first-order chi connectivity index (χ1) is 9.52. The minimum absolute atomic E-state index is 0.0718. The van der Waals surface area contributed by atoms with E-state index in [1.165, 1.54) is 12.1 Å². The van der Waals surface area contributed by atoms with Crippen LogP contribution in [0.15, 0.2) is 18.2 Å². The number of anilines is 1. The number of amides is 1. The molecule has 5 heteroatoms. The number of carbonyl (C=O) groups excluding carboxylic acids is 1. The topological polar surface area (TPSA) is 69.8 Å². The number of hydrogen-bond donors (Lipinski definition) is 2. The summed E-state index contributed by atoms with van der Waals surface area (Å²) in [6, 6.07) is 4.73. The molecule has 1 unspecified atom stereocenters. The second-order valence-electron chi connectivity index (χ2n) is 5.45. The summed E-state index contributed by atoms with van der Waals surface area (Å²) >= 11 is 0. The zero-order valence-electron chi connectivity index (χ0n) is 12.2. The van der Waals surface area contributed by atoms with E-state index in [9.17, 15) is 9.90 Å². The summed E-state index contributed by atoms with van der Waals surface area (Å²) < 4.78 is 0. The average molecular weight is 277 g/mol. The van der Waals surface area contributed by atoms with Crippen LogP contribution in [0, 0.1) is 0 Å². The first kappa shape index (κ1) is 14.7. The van der Waals surface area contributed by atoms with Gasteiger partial charge in [0.2, 0.25) is 0 Å². The van der Waals surface area contributed by atoms with E-state index in [0.29, 0.717) is 11.3 Å². The molecule has 0 aliphatic carbocycles. The van der Waals surface area contributed by atoms with Gasteiger partial charge in [-0.25, -0.2) is 0 Å². The van der Waals surface area contributed by atoms with Crippen LogP contribution in [0.2, 0.25) is 0 Å². The molecular formula is C15H23N3O2. The second-order valence-corrected chi connectivity index (χ2v) is 5.45. The molecule has 2 rings (SSSR count). The van der Waals surface area contributed by atoms with E-state index in [-0.39, 0.29) is 17.7 Å². The Labute approximate surface area is 120 Å². The van der Waals surface area contributed by atoms with Crippen molar-refractivity contribution in [1.82, 2.24) is 9.80 Å². The third-order valence-electron chi connectivity index (χ3n) is 3.90. The van der Waals surface area contributed by atoms with Crippen LogP contribution in [-0.4, -0.2) is 53.5 Å². The van der Waals surface area contributed by atoms with Crippen molar-refractivity contribution in [3.63, 3.8) is 0 Å². The molecule has 1 fully saturated rings. The lowest BCUT2D eigenvalue weighted by Crippen LogP contribution is -2.43. The first-order valence-corrected chi connectivity index (χ1v) is 7.11. The molecule has 0 aromatic heterocycles. The maximum atomic E-state index is 12.7. The lowest BCUT2D eigenvalue weighted by atomic mass is 10.1. The number of aromatic hydroxyl groups is 1. The SMILES string of the molecule is CCC1CN(C)CCCN1C(=O)c1cc(O)ccc1N. The Balaban J connectivity index is 2.27. The Bertz CT molecular complexity index is 490. The van der Waals surface area contributed by atoms with Crippen LogP contribution in [0.3, 0.4) is 0 Å². The highest BCUT2D eigenvalue weighted by Crippen LogP contribution is 2.23. The van der Waals surface area contributed by atoms with Crippen LogP contribution < -0.4 is 5.73 Å². The third kappa shape index (κ3) is 3.04.